The van der Waals surface area contributed by atoms with Crippen molar-refractivity contribution in [3.05, 3.63) is 12.2 Å². The molecule has 0 aromatic carbocycles. The predicted octanol–water partition coefficient (Wildman–Crippen LogP) is -0.323. The van der Waals surface area contributed by atoms with Gasteiger partial charge in [0.2, 0.25) is 5.91 Å². The summed E-state index contributed by atoms with van der Waals surface area (Å²) in [6.45, 7) is 5.00. The van der Waals surface area contributed by atoms with Gasteiger partial charge in [0.05, 0.1) is 12.0 Å². The Morgan fingerprint density at radius 1 is 1.56 bits per heavy atom. The van der Waals surface area contributed by atoms with E-state index in [-0.39, 0.29) is 5.91 Å². The first-order valence-electron chi connectivity index (χ1n) is 5.23. The number of nitrogens with zero attached hydrogens (tertiary/aromatic N) is 3. The number of aryl methyl sites for hydroxylation is 1. The smallest absolute Gasteiger partial charge is 0.226 e. The second kappa shape index (κ2) is 5.07. The van der Waals surface area contributed by atoms with Gasteiger partial charge in [0.15, 0.2) is 0 Å². The number of hydrogen-bond donors (Lipinski definition) is 2. The molecule has 1 amide bonds. The SMILES string of the molecule is CNC(=O)C(C)(C)CNCc1ncnn1C. The standard InChI is InChI=1S/C10H19N5O/c1-10(2,9(16)11-3)6-12-5-8-13-7-14-15(8)4/h7,12H,5-6H2,1-4H3,(H,11,16). The first-order valence-corrected chi connectivity index (χ1v) is 5.23. The number of aromatic nitrogens is 3. The van der Waals surface area contributed by atoms with E-state index in [1.807, 2.05) is 20.9 Å². The molecule has 0 saturated heterocycles. The lowest BCUT2D eigenvalue weighted by atomic mass is 9.92. The molecule has 0 atom stereocenters. The van der Waals surface area contributed by atoms with Crippen molar-refractivity contribution in [2.24, 2.45) is 12.5 Å². The number of hydrogen-bond acceptors (Lipinski definition) is 4. The summed E-state index contributed by atoms with van der Waals surface area (Å²) >= 11 is 0. The number of rotatable bonds is 5. The van der Waals surface area contributed by atoms with Crippen LogP contribution in [-0.4, -0.2) is 34.3 Å². The highest BCUT2D eigenvalue weighted by Crippen LogP contribution is 2.13. The molecule has 0 radical (unpaired) electrons. The molecule has 0 aliphatic rings. The molecule has 6 nitrogen and oxygen atoms in total. The minimum Gasteiger partial charge on any atom is -0.359 e. The van der Waals surface area contributed by atoms with E-state index < -0.39 is 5.41 Å². The summed E-state index contributed by atoms with van der Waals surface area (Å²) in [5, 5.41) is 9.82. The molecule has 0 aliphatic heterocycles. The third-order valence-corrected chi connectivity index (χ3v) is 2.50. The maximum absolute atomic E-state index is 11.5. The van der Waals surface area contributed by atoms with Gasteiger partial charge in [-0.25, -0.2) is 4.98 Å². The second-order valence-corrected chi connectivity index (χ2v) is 4.37. The Bertz CT molecular complexity index is 358. The van der Waals surface area contributed by atoms with E-state index in [4.69, 9.17) is 0 Å². The summed E-state index contributed by atoms with van der Waals surface area (Å²) in [6, 6.07) is 0. The summed E-state index contributed by atoms with van der Waals surface area (Å²) < 4.78 is 1.71. The molecule has 90 valence electrons. The number of nitrogens with one attached hydrogen (secondary N) is 2. The fraction of sp³-hybridized carbons (Fsp3) is 0.700. The Morgan fingerprint density at radius 3 is 2.75 bits per heavy atom. The van der Waals surface area contributed by atoms with Gasteiger partial charge in [-0.05, 0) is 13.8 Å². The van der Waals surface area contributed by atoms with Gasteiger partial charge in [-0.15, -0.1) is 0 Å². The van der Waals surface area contributed by atoms with Crippen molar-refractivity contribution >= 4 is 5.91 Å². The van der Waals surface area contributed by atoms with Gasteiger partial charge in [0, 0.05) is 20.6 Å². The average Bonchev–Trinajstić information content (AvgIpc) is 2.63. The first-order chi connectivity index (χ1) is 7.47. The lowest BCUT2D eigenvalue weighted by Gasteiger charge is -2.22. The highest BCUT2D eigenvalue weighted by molar-refractivity contribution is 5.81. The first kappa shape index (κ1) is 12.6. The molecule has 0 aliphatic carbocycles. The van der Waals surface area contributed by atoms with Crippen LogP contribution in [0.4, 0.5) is 0 Å². The summed E-state index contributed by atoms with van der Waals surface area (Å²) in [7, 11) is 3.49. The Morgan fingerprint density at radius 2 is 2.25 bits per heavy atom. The van der Waals surface area contributed by atoms with Crippen molar-refractivity contribution in [3.8, 4) is 0 Å². The van der Waals surface area contributed by atoms with Crippen LogP contribution in [0.5, 0.6) is 0 Å². The van der Waals surface area contributed by atoms with Crippen LogP contribution in [0.25, 0.3) is 0 Å². The molecule has 2 N–H and O–H groups in total. The second-order valence-electron chi connectivity index (χ2n) is 4.37. The van der Waals surface area contributed by atoms with Gasteiger partial charge in [0.25, 0.3) is 0 Å². The summed E-state index contributed by atoms with van der Waals surface area (Å²) in [5.74, 6) is 0.880. The molecular formula is C10H19N5O. The van der Waals surface area contributed by atoms with E-state index in [0.717, 1.165) is 5.82 Å². The van der Waals surface area contributed by atoms with Crippen LogP contribution in [0.15, 0.2) is 6.33 Å². The molecule has 0 saturated carbocycles. The van der Waals surface area contributed by atoms with Crippen LogP contribution >= 0.6 is 0 Å². The fourth-order valence-electron chi connectivity index (χ4n) is 1.39. The lowest BCUT2D eigenvalue weighted by Crippen LogP contribution is -2.42. The van der Waals surface area contributed by atoms with Gasteiger partial charge >= 0.3 is 0 Å². The van der Waals surface area contributed by atoms with Crippen molar-refractivity contribution in [2.45, 2.75) is 20.4 Å². The van der Waals surface area contributed by atoms with Crippen molar-refractivity contribution in [3.63, 3.8) is 0 Å². The number of carbonyl (C=O) groups is 1. The summed E-state index contributed by atoms with van der Waals surface area (Å²) in [6.07, 6.45) is 1.51. The van der Waals surface area contributed by atoms with Crippen LogP contribution in [-0.2, 0) is 18.4 Å². The van der Waals surface area contributed by atoms with E-state index in [9.17, 15) is 4.79 Å². The van der Waals surface area contributed by atoms with Crippen molar-refractivity contribution in [1.82, 2.24) is 25.4 Å². The lowest BCUT2D eigenvalue weighted by molar-refractivity contribution is -0.128. The van der Waals surface area contributed by atoms with Crippen LogP contribution in [0, 0.1) is 5.41 Å². The van der Waals surface area contributed by atoms with Crippen LogP contribution in [0.3, 0.4) is 0 Å². The van der Waals surface area contributed by atoms with E-state index in [0.29, 0.717) is 13.1 Å². The topological polar surface area (TPSA) is 71.8 Å². The van der Waals surface area contributed by atoms with Gasteiger partial charge in [-0.1, -0.05) is 0 Å². The molecule has 6 heteroatoms. The Hall–Kier alpha value is -1.43. The highest BCUT2D eigenvalue weighted by Gasteiger charge is 2.25. The van der Waals surface area contributed by atoms with Gasteiger partial charge < -0.3 is 10.6 Å². The van der Waals surface area contributed by atoms with E-state index >= 15 is 0 Å². The van der Waals surface area contributed by atoms with Crippen LogP contribution in [0.1, 0.15) is 19.7 Å². The Labute approximate surface area is 95.4 Å². The third kappa shape index (κ3) is 3.03. The van der Waals surface area contributed by atoms with Crippen molar-refractivity contribution in [2.75, 3.05) is 13.6 Å². The van der Waals surface area contributed by atoms with Crippen LogP contribution < -0.4 is 10.6 Å². The molecule has 0 spiro atoms. The maximum atomic E-state index is 11.5. The maximum Gasteiger partial charge on any atom is 0.226 e. The Kier molecular flexibility index (Phi) is 4.00. The quantitative estimate of drug-likeness (QED) is 0.720. The normalized spacial score (nSPS) is 11.5. The highest BCUT2D eigenvalue weighted by atomic mass is 16.2. The van der Waals surface area contributed by atoms with Crippen molar-refractivity contribution < 1.29 is 4.79 Å². The fourth-order valence-corrected chi connectivity index (χ4v) is 1.39. The van der Waals surface area contributed by atoms with Gasteiger partial charge in [-0.2, -0.15) is 5.10 Å². The third-order valence-electron chi connectivity index (χ3n) is 2.50. The molecule has 1 aromatic heterocycles. The van der Waals surface area contributed by atoms with E-state index in [1.165, 1.54) is 6.33 Å². The minimum absolute atomic E-state index is 0.0259. The zero-order chi connectivity index (χ0) is 12.2. The van der Waals surface area contributed by atoms with Crippen LogP contribution in [0.2, 0.25) is 0 Å². The minimum atomic E-state index is -0.423. The van der Waals surface area contributed by atoms with E-state index in [2.05, 4.69) is 20.7 Å². The zero-order valence-corrected chi connectivity index (χ0v) is 10.2. The summed E-state index contributed by atoms with van der Waals surface area (Å²) in [4.78, 5) is 15.6. The molecule has 1 heterocycles. The average molecular weight is 225 g/mol. The predicted molar refractivity (Wildman–Crippen MR) is 60.6 cm³/mol. The molecular weight excluding hydrogens is 206 g/mol. The molecule has 0 fully saturated rings. The largest absolute Gasteiger partial charge is 0.359 e. The Balaban J connectivity index is 2.41. The number of carbonyl (C=O) groups excluding carboxylic acids is 1. The molecule has 16 heavy (non-hydrogen) atoms. The van der Waals surface area contributed by atoms with Crippen molar-refractivity contribution in [1.29, 1.82) is 0 Å². The van der Waals surface area contributed by atoms with E-state index in [1.54, 1.807) is 11.7 Å². The van der Waals surface area contributed by atoms with Gasteiger partial charge in [0.1, 0.15) is 12.2 Å². The molecule has 1 rings (SSSR count). The molecule has 1 aromatic rings. The summed E-state index contributed by atoms with van der Waals surface area (Å²) in [5.41, 5.74) is -0.423. The molecule has 0 unspecified atom stereocenters. The molecule has 0 bridgehead atoms. The zero-order valence-electron chi connectivity index (χ0n) is 10.2. The van der Waals surface area contributed by atoms with Gasteiger partial charge in [-0.3, -0.25) is 9.48 Å². The monoisotopic (exact) mass is 225 g/mol. The number of amides is 1.